The summed E-state index contributed by atoms with van der Waals surface area (Å²) >= 11 is 0. The number of hydrogen-bond donors (Lipinski definition) is 3. The topological polar surface area (TPSA) is 74.2 Å². The van der Waals surface area contributed by atoms with Crippen LogP contribution in [0.25, 0.3) is 5.65 Å². The number of aromatic nitrogens is 3. The first-order valence-electron chi connectivity index (χ1n) is 9.54. The van der Waals surface area contributed by atoms with Crippen LogP contribution in [0.15, 0.2) is 30.5 Å². The number of benzene rings is 1. The highest BCUT2D eigenvalue weighted by Gasteiger charge is 2.31. The zero-order chi connectivity index (χ0) is 22.5. The van der Waals surface area contributed by atoms with E-state index in [-0.39, 0.29) is 16.6 Å². The van der Waals surface area contributed by atoms with E-state index in [4.69, 9.17) is 4.98 Å². The number of halogens is 3. The average molecular weight is 421 g/mol. The van der Waals surface area contributed by atoms with Gasteiger partial charge in [0.2, 0.25) is 0 Å². The van der Waals surface area contributed by atoms with Crippen LogP contribution in [0.4, 0.5) is 24.7 Å². The molecule has 3 aromatic rings. The molecule has 3 rings (SSSR count). The summed E-state index contributed by atoms with van der Waals surface area (Å²) in [6, 6.07) is 4.31. The van der Waals surface area contributed by atoms with Crippen molar-refractivity contribution in [2.45, 2.75) is 58.7 Å². The van der Waals surface area contributed by atoms with E-state index in [1.165, 1.54) is 18.3 Å². The molecule has 0 aliphatic heterocycles. The first kappa shape index (κ1) is 21.7. The number of rotatable bonds is 3. The maximum atomic E-state index is 12.8. The van der Waals surface area contributed by atoms with Gasteiger partial charge < -0.3 is 10.6 Å². The molecular weight excluding hydrogens is 395 g/mol. The number of alkyl halides is 3. The maximum absolute atomic E-state index is 12.8. The van der Waals surface area contributed by atoms with Gasteiger partial charge in [-0.2, -0.15) is 13.2 Å². The smallest absolute Gasteiger partial charge is 0.364 e. The summed E-state index contributed by atoms with van der Waals surface area (Å²) in [5.74, 6) is 0.298. The number of fused-ring (bicyclic) bond motifs is 1. The number of imidazole rings is 1. The molecule has 1 aromatic carbocycles. The van der Waals surface area contributed by atoms with Crippen molar-refractivity contribution < 1.29 is 18.0 Å². The minimum Gasteiger partial charge on any atom is -0.364 e. The average Bonchev–Trinajstić information content (AvgIpc) is 3.13. The van der Waals surface area contributed by atoms with Crippen molar-refractivity contribution in [3.63, 3.8) is 0 Å². The Morgan fingerprint density at radius 1 is 1.03 bits per heavy atom. The van der Waals surface area contributed by atoms with Gasteiger partial charge in [-0.1, -0.05) is 20.8 Å². The van der Waals surface area contributed by atoms with Crippen molar-refractivity contribution in [3.05, 3.63) is 47.3 Å². The molecule has 9 heteroatoms. The van der Waals surface area contributed by atoms with Gasteiger partial charge in [0.15, 0.2) is 11.5 Å². The fourth-order valence-corrected chi connectivity index (χ4v) is 3.02. The predicted molar refractivity (Wildman–Crippen MR) is 111 cm³/mol. The summed E-state index contributed by atoms with van der Waals surface area (Å²) in [5.41, 5.74) is 0.519. The molecule has 0 atom stereocenters. The third kappa shape index (κ3) is 4.44. The van der Waals surface area contributed by atoms with Gasteiger partial charge in [0.25, 0.3) is 5.91 Å². The summed E-state index contributed by atoms with van der Waals surface area (Å²) < 4.78 is 39.9. The van der Waals surface area contributed by atoms with Gasteiger partial charge in [-0.05, 0) is 45.0 Å². The second-order valence-electron chi connectivity index (χ2n) is 9.31. The van der Waals surface area contributed by atoms with Gasteiger partial charge in [-0.15, -0.1) is 0 Å². The number of anilines is 2. The van der Waals surface area contributed by atoms with Crippen molar-refractivity contribution in [2.75, 3.05) is 10.6 Å². The van der Waals surface area contributed by atoms with Crippen LogP contribution in [0.2, 0.25) is 0 Å². The number of nitrogens with zero attached hydrogens (tertiary/aromatic N) is 2. The Bertz CT molecular complexity index is 1060. The molecule has 0 bridgehead atoms. The maximum Gasteiger partial charge on any atom is 0.416 e. The van der Waals surface area contributed by atoms with Crippen molar-refractivity contribution >= 4 is 23.1 Å². The Hall–Kier alpha value is -2.97. The lowest BCUT2D eigenvalue weighted by atomic mass is 9.91. The van der Waals surface area contributed by atoms with E-state index in [9.17, 15) is 18.0 Å². The molecule has 0 saturated carbocycles. The molecule has 6 nitrogen and oxygen atoms in total. The SMILES string of the molecule is CC(C)(C)Nc1c(C(C)(C)C)nc2c(C(=O)Nc3ccc(C(F)(F)F)cc3)c[nH]n12. The molecule has 3 N–H and O–H groups in total. The Morgan fingerprint density at radius 3 is 2.13 bits per heavy atom. The lowest BCUT2D eigenvalue weighted by Gasteiger charge is -2.25. The molecule has 0 aliphatic carbocycles. The first-order valence-corrected chi connectivity index (χ1v) is 9.54. The van der Waals surface area contributed by atoms with Crippen molar-refractivity contribution in [2.24, 2.45) is 0 Å². The second kappa shape index (κ2) is 7.07. The number of carbonyl (C=O) groups is 1. The van der Waals surface area contributed by atoms with Crippen LogP contribution in [-0.4, -0.2) is 26.0 Å². The minimum atomic E-state index is -4.43. The molecule has 0 saturated heterocycles. The molecule has 0 unspecified atom stereocenters. The van der Waals surface area contributed by atoms with Crippen molar-refractivity contribution in [3.8, 4) is 0 Å². The second-order valence-corrected chi connectivity index (χ2v) is 9.31. The number of carbonyl (C=O) groups excluding carboxylic acids is 1. The van der Waals surface area contributed by atoms with Crippen LogP contribution in [0.3, 0.4) is 0 Å². The number of hydrogen-bond acceptors (Lipinski definition) is 3. The van der Waals surface area contributed by atoms with Crippen LogP contribution < -0.4 is 10.6 Å². The third-order valence-corrected chi connectivity index (χ3v) is 4.37. The van der Waals surface area contributed by atoms with Gasteiger partial charge in [0, 0.05) is 22.8 Å². The molecule has 1 amide bonds. The summed E-state index contributed by atoms with van der Waals surface area (Å²) in [7, 11) is 0. The summed E-state index contributed by atoms with van der Waals surface area (Å²) in [4.78, 5) is 17.5. The summed E-state index contributed by atoms with van der Waals surface area (Å²) in [5, 5.41) is 9.11. The highest BCUT2D eigenvalue weighted by molar-refractivity contribution is 6.08. The quantitative estimate of drug-likeness (QED) is 0.527. The molecule has 0 radical (unpaired) electrons. The normalized spacial score (nSPS) is 13.0. The molecule has 0 fully saturated rings. The van der Waals surface area contributed by atoms with Crippen molar-refractivity contribution in [1.82, 2.24) is 14.6 Å². The lowest BCUT2D eigenvalue weighted by molar-refractivity contribution is -0.137. The largest absolute Gasteiger partial charge is 0.416 e. The molecule has 0 aliphatic rings. The van der Waals surface area contributed by atoms with Crippen LogP contribution in [0.1, 0.15) is 63.2 Å². The summed E-state index contributed by atoms with van der Waals surface area (Å²) in [6.07, 6.45) is -2.90. The van der Waals surface area contributed by atoms with Crippen LogP contribution in [0.5, 0.6) is 0 Å². The molecular formula is C21H26F3N5O. The van der Waals surface area contributed by atoms with Crippen molar-refractivity contribution in [1.29, 1.82) is 0 Å². The Balaban J connectivity index is 1.95. The summed E-state index contributed by atoms with van der Waals surface area (Å²) in [6.45, 7) is 12.2. The predicted octanol–water partition coefficient (Wildman–Crippen LogP) is 5.44. The molecule has 162 valence electrons. The van der Waals surface area contributed by atoms with E-state index in [0.29, 0.717) is 11.2 Å². The minimum absolute atomic E-state index is 0.232. The fraction of sp³-hybridized carbons (Fsp3) is 0.429. The monoisotopic (exact) mass is 421 g/mol. The van der Waals surface area contributed by atoms with E-state index in [0.717, 1.165) is 23.6 Å². The molecule has 2 aromatic heterocycles. The van der Waals surface area contributed by atoms with Crippen LogP contribution >= 0.6 is 0 Å². The zero-order valence-corrected chi connectivity index (χ0v) is 17.8. The van der Waals surface area contributed by atoms with Gasteiger partial charge in [-0.25, -0.2) is 9.50 Å². The lowest BCUT2D eigenvalue weighted by Crippen LogP contribution is -2.29. The number of H-pyrrole nitrogens is 1. The van der Waals surface area contributed by atoms with E-state index < -0.39 is 17.6 Å². The molecule has 0 spiro atoms. The standard InChI is InChI=1S/C21H26F3N5O/c1-19(2,3)15-17(28-20(4,5)6)29-16(27-15)14(11-25-29)18(30)26-13-9-7-12(8-10-13)21(22,23)24/h7-11,25,28H,1-6H3,(H,26,30). The first-order chi connectivity index (χ1) is 13.7. The third-order valence-electron chi connectivity index (χ3n) is 4.37. The Kier molecular flexibility index (Phi) is 5.12. The highest BCUT2D eigenvalue weighted by Crippen LogP contribution is 2.33. The Morgan fingerprint density at radius 2 is 1.63 bits per heavy atom. The van der Waals surface area contributed by atoms with E-state index in [1.54, 1.807) is 4.52 Å². The number of aromatic amines is 1. The van der Waals surface area contributed by atoms with Gasteiger partial charge in [-0.3, -0.25) is 9.89 Å². The molecule has 30 heavy (non-hydrogen) atoms. The van der Waals surface area contributed by atoms with E-state index in [1.807, 2.05) is 41.5 Å². The van der Waals surface area contributed by atoms with E-state index >= 15 is 0 Å². The Labute approximate surface area is 172 Å². The van der Waals surface area contributed by atoms with Gasteiger partial charge in [0.1, 0.15) is 5.56 Å². The number of nitrogens with one attached hydrogen (secondary N) is 3. The highest BCUT2D eigenvalue weighted by atomic mass is 19.4. The fourth-order valence-electron chi connectivity index (χ4n) is 3.02. The van der Waals surface area contributed by atoms with E-state index in [2.05, 4.69) is 15.7 Å². The molecule has 2 heterocycles. The zero-order valence-electron chi connectivity index (χ0n) is 17.8. The van der Waals surface area contributed by atoms with Crippen LogP contribution in [0, 0.1) is 0 Å². The van der Waals surface area contributed by atoms with Gasteiger partial charge >= 0.3 is 6.18 Å². The van der Waals surface area contributed by atoms with Crippen LogP contribution in [-0.2, 0) is 11.6 Å². The van der Waals surface area contributed by atoms with Gasteiger partial charge in [0.05, 0.1) is 11.3 Å². The number of amides is 1.